The van der Waals surface area contributed by atoms with Crippen LogP contribution in [-0.4, -0.2) is 73.8 Å². The summed E-state index contributed by atoms with van der Waals surface area (Å²) in [6, 6.07) is 3.57. The molecule has 188 valence electrons. The summed E-state index contributed by atoms with van der Waals surface area (Å²) in [4.78, 5) is 1.95. The normalized spacial score (nSPS) is 30.4. The molecule has 5 nitrogen and oxygen atoms in total. The molecule has 3 unspecified atom stereocenters. The molecule has 1 aromatic rings. The van der Waals surface area contributed by atoms with Gasteiger partial charge in [-0.2, -0.15) is 13.2 Å². The molecule has 0 bridgehead atoms. The molecular formula is C24H33F4N5S. The van der Waals surface area contributed by atoms with Gasteiger partial charge >= 0.3 is 6.18 Å². The van der Waals surface area contributed by atoms with E-state index in [0.717, 1.165) is 24.5 Å². The van der Waals surface area contributed by atoms with Crippen molar-refractivity contribution in [3.8, 4) is 0 Å². The lowest BCUT2D eigenvalue weighted by atomic mass is 9.85. The summed E-state index contributed by atoms with van der Waals surface area (Å²) < 4.78 is 55.6. The fourth-order valence-corrected chi connectivity index (χ4v) is 5.67. The van der Waals surface area contributed by atoms with Crippen molar-refractivity contribution in [2.45, 2.75) is 48.7 Å². The van der Waals surface area contributed by atoms with Gasteiger partial charge in [-0.25, -0.2) is 4.39 Å². The Hall–Kier alpha value is -1.59. The van der Waals surface area contributed by atoms with Gasteiger partial charge in [0.1, 0.15) is 6.17 Å². The molecule has 10 heteroatoms. The van der Waals surface area contributed by atoms with E-state index in [4.69, 9.17) is 0 Å². The summed E-state index contributed by atoms with van der Waals surface area (Å²) >= 11 is 1.79. The van der Waals surface area contributed by atoms with E-state index in [1.165, 1.54) is 0 Å². The van der Waals surface area contributed by atoms with Crippen molar-refractivity contribution >= 4 is 17.4 Å². The van der Waals surface area contributed by atoms with Gasteiger partial charge in [-0.3, -0.25) is 5.32 Å². The number of likely N-dealkylation sites (tertiary alicyclic amines) is 1. The largest absolute Gasteiger partial charge is 0.413 e. The van der Waals surface area contributed by atoms with E-state index in [9.17, 15) is 17.6 Å². The maximum absolute atomic E-state index is 14.7. The van der Waals surface area contributed by atoms with E-state index < -0.39 is 24.0 Å². The minimum Gasteiger partial charge on any atom is -0.379 e. The Morgan fingerprint density at radius 1 is 1.35 bits per heavy atom. The Bertz CT molecular complexity index is 887. The van der Waals surface area contributed by atoms with Crippen LogP contribution in [0.5, 0.6) is 0 Å². The second-order valence-corrected chi connectivity index (χ2v) is 10.4. The van der Waals surface area contributed by atoms with Crippen LogP contribution < -0.4 is 21.3 Å². The molecule has 4 N–H and O–H groups in total. The highest BCUT2D eigenvalue weighted by Gasteiger charge is 2.41. The Morgan fingerprint density at radius 2 is 2.18 bits per heavy atom. The highest BCUT2D eigenvalue weighted by molar-refractivity contribution is 8.00. The fourth-order valence-electron chi connectivity index (χ4n) is 4.79. The van der Waals surface area contributed by atoms with Crippen molar-refractivity contribution in [3.05, 3.63) is 53.6 Å². The van der Waals surface area contributed by atoms with E-state index in [2.05, 4.69) is 27.8 Å². The van der Waals surface area contributed by atoms with E-state index in [0.29, 0.717) is 42.6 Å². The number of nitrogens with zero attached hydrogens (tertiary/aromatic N) is 1. The number of benzene rings is 1. The quantitative estimate of drug-likeness (QED) is 0.340. The lowest BCUT2D eigenvalue weighted by Crippen LogP contribution is -2.46. The lowest BCUT2D eigenvalue weighted by Gasteiger charge is -2.37. The second kappa shape index (κ2) is 11.0. The smallest absolute Gasteiger partial charge is 0.379 e. The van der Waals surface area contributed by atoms with Crippen LogP contribution in [0, 0.1) is 0 Å². The van der Waals surface area contributed by atoms with Crippen molar-refractivity contribution in [1.82, 2.24) is 20.9 Å². The minimum atomic E-state index is -4.52. The minimum absolute atomic E-state index is 0.297. The fraction of sp³-hybridized carbons (Fsp3) is 0.583. The molecule has 3 aliphatic heterocycles. The Kier molecular flexibility index (Phi) is 8.24. The molecule has 34 heavy (non-hydrogen) atoms. The summed E-state index contributed by atoms with van der Waals surface area (Å²) in [6.07, 6.45) is -0.525. The average molecular weight is 500 g/mol. The van der Waals surface area contributed by atoms with Crippen molar-refractivity contribution in [2.24, 2.45) is 0 Å². The number of piperidine rings is 1. The molecule has 0 amide bonds. The molecule has 2 saturated heterocycles. The Morgan fingerprint density at radius 3 is 2.88 bits per heavy atom. The van der Waals surface area contributed by atoms with Gasteiger partial charge in [0.2, 0.25) is 0 Å². The van der Waals surface area contributed by atoms with E-state index in [1.54, 1.807) is 23.9 Å². The molecule has 0 aliphatic carbocycles. The third-order valence-corrected chi connectivity index (χ3v) is 7.78. The SMILES string of the molecule is C=C(C1NC(/C=C/CNC2CNCS2)Cc2c(N[C@@H]3CCN(C)C[C@@H]3F)cccc21)C(F)(F)F. The molecule has 3 aliphatic rings. The number of alkyl halides is 4. The molecule has 0 radical (unpaired) electrons. The van der Waals surface area contributed by atoms with Crippen molar-refractivity contribution in [3.63, 3.8) is 0 Å². The first-order chi connectivity index (χ1) is 16.2. The number of hydrogen-bond donors (Lipinski definition) is 4. The predicted octanol–water partition coefficient (Wildman–Crippen LogP) is 3.58. The van der Waals surface area contributed by atoms with Gasteiger partial charge < -0.3 is 20.9 Å². The number of thioether (sulfide) groups is 1. The van der Waals surface area contributed by atoms with Gasteiger partial charge in [0.15, 0.2) is 0 Å². The first kappa shape index (κ1) is 25.5. The summed E-state index contributed by atoms with van der Waals surface area (Å²) in [5.74, 6) is 0.913. The predicted molar refractivity (Wildman–Crippen MR) is 131 cm³/mol. The van der Waals surface area contributed by atoms with Crippen molar-refractivity contribution < 1.29 is 17.6 Å². The molecule has 0 spiro atoms. The third-order valence-electron chi connectivity index (χ3n) is 6.67. The van der Waals surface area contributed by atoms with Crippen LogP contribution in [0.25, 0.3) is 0 Å². The molecular weight excluding hydrogens is 466 g/mol. The number of rotatable bonds is 7. The van der Waals surface area contributed by atoms with E-state index in [-0.39, 0.29) is 12.1 Å². The summed E-state index contributed by atoms with van der Waals surface area (Å²) in [6.45, 7) is 6.02. The van der Waals surface area contributed by atoms with Gasteiger partial charge in [0.05, 0.1) is 17.5 Å². The van der Waals surface area contributed by atoms with Gasteiger partial charge in [-0.1, -0.05) is 30.9 Å². The zero-order valence-electron chi connectivity index (χ0n) is 19.3. The van der Waals surface area contributed by atoms with Gasteiger partial charge in [0, 0.05) is 49.4 Å². The number of nitrogens with one attached hydrogen (secondary N) is 4. The standard InChI is InChI=1S/C24H33F4N5S/c1-15(24(26,27)28)23-17-6-3-7-20(32-21-8-10-33(2)13-19(21)25)18(17)11-16(31-23)5-4-9-30-22-12-29-14-34-22/h3-7,16,19,21-23,29-32H,1,8-14H2,2H3/b5-4+/t16?,19-,21+,22?,23?/m0/s1. The summed E-state index contributed by atoms with van der Waals surface area (Å²) in [5.41, 5.74) is 1.23. The van der Waals surface area contributed by atoms with E-state index >= 15 is 0 Å². The average Bonchev–Trinajstić information content (AvgIpc) is 3.31. The van der Waals surface area contributed by atoms with E-state index in [1.807, 2.05) is 30.2 Å². The molecule has 0 aromatic heterocycles. The molecule has 4 rings (SSSR count). The monoisotopic (exact) mass is 499 g/mol. The summed E-state index contributed by atoms with van der Waals surface area (Å²) in [5, 5.41) is 13.4. The molecule has 5 atom stereocenters. The molecule has 2 fully saturated rings. The lowest BCUT2D eigenvalue weighted by molar-refractivity contribution is -0.0968. The molecule has 0 saturated carbocycles. The third kappa shape index (κ3) is 6.15. The summed E-state index contributed by atoms with van der Waals surface area (Å²) in [7, 11) is 1.89. The van der Waals surface area contributed by atoms with Crippen molar-refractivity contribution in [2.75, 3.05) is 44.4 Å². The van der Waals surface area contributed by atoms with Crippen LogP contribution in [0.15, 0.2) is 42.5 Å². The maximum Gasteiger partial charge on any atom is 0.413 e. The topological polar surface area (TPSA) is 51.4 Å². The van der Waals surface area contributed by atoms with Crippen LogP contribution in [0.2, 0.25) is 0 Å². The number of halogens is 4. The zero-order chi connectivity index (χ0) is 24.3. The first-order valence-electron chi connectivity index (χ1n) is 11.7. The van der Waals surface area contributed by atoms with Gasteiger partial charge in [0.25, 0.3) is 0 Å². The van der Waals surface area contributed by atoms with Crippen LogP contribution in [-0.2, 0) is 6.42 Å². The number of fused-ring (bicyclic) bond motifs is 1. The molecule has 1 aromatic carbocycles. The van der Waals surface area contributed by atoms with Crippen LogP contribution in [0.4, 0.5) is 23.2 Å². The Balaban J connectivity index is 1.54. The van der Waals surface area contributed by atoms with Crippen LogP contribution in [0.1, 0.15) is 23.6 Å². The highest BCUT2D eigenvalue weighted by atomic mass is 32.2. The zero-order valence-corrected chi connectivity index (χ0v) is 20.1. The van der Waals surface area contributed by atoms with Gasteiger partial charge in [-0.15, -0.1) is 11.8 Å². The first-order valence-corrected chi connectivity index (χ1v) is 12.7. The second-order valence-electron chi connectivity index (χ2n) is 9.21. The molecule has 3 heterocycles. The number of anilines is 1. The number of hydrogen-bond acceptors (Lipinski definition) is 6. The van der Waals surface area contributed by atoms with Gasteiger partial charge in [-0.05, 0) is 37.1 Å². The maximum atomic E-state index is 14.7. The van der Waals surface area contributed by atoms with Crippen LogP contribution in [0.3, 0.4) is 0 Å². The highest BCUT2D eigenvalue weighted by Crippen LogP contribution is 2.40. The van der Waals surface area contributed by atoms with Crippen molar-refractivity contribution in [1.29, 1.82) is 0 Å². The van der Waals surface area contributed by atoms with Crippen LogP contribution >= 0.6 is 11.8 Å². The Labute approximate surface area is 202 Å².